The zero-order valence-electron chi connectivity index (χ0n) is 8.70. The summed E-state index contributed by atoms with van der Waals surface area (Å²) in [6, 6.07) is 5.05. The summed E-state index contributed by atoms with van der Waals surface area (Å²) < 4.78 is 50.0. The molecule has 99 valence electrons. The number of hydrogen-bond acceptors (Lipinski definition) is 2. The second-order valence-corrected chi connectivity index (χ2v) is 3.19. The van der Waals surface area contributed by atoms with Crippen LogP contribution in [0.4, 0.5) is 17.6 Å². The average molecular weight is 436 g/mol. The van der Waals surface area contributed by atoms with Crippen molar-refractivity contribution in [2.45, 2.75) is 12.9 Å². The van der Waals surface area contributed by atoms with Crippen molar-refractivity contribution in [2.75, 3.05) is 0 Å². The van der Waals surface area contributed by atoms with E-state index in [-0.39, 0.29) is 31.6 Å². The molecule has 0 N–H and O–H groups in total. The minimum atomic E-state index is -4.53. The van der Waals surface area contributed by atoms with Crippen LogP contribution in [0.5, 0.6) is 0 Å². The van der Waals surface area contributed by atoms with Crippen molar-refractivity contribution in [2.24, 2.45) is 0 Å². The van der Waals surface area contributed by atoms with Gasteiger partial charge in [-0.25, -0.2) is 4.39 Å². The SMILES string of the molecule is FCc1cccc(-n2[c-]cc(C(F)(F)F)n2)n1.[Ir]. The Balaban J connectivity index is 0.00000162. The van der Waals surface area contributed by atoms with E-state index in [9.17, 15) is 17.6 Å². The fraction of sp³-hybridized carbons (Fsp3) is 0.200. The first-order chi connectivity index (χ1) is 8.00. The van der Waals surface area contributed by atoms with E-state index < -0.39 is 18.5 Å². The van der Waals surface area contributed by atoms with Gasteiger partial charge in [-0.15, -0.1) is 6.07 Å². The summed E-state index contributed by atoms with van der Waals surface area (Å²) in [4.78, 5) is 3.78. The Morgan fingerprint density at radius 2 is 2.00 bits per heavy atom. The van der Waals surface area contributed by atoms with E-state index in [2.05, 4.69) is 16.3 Å². The summed E-state index contributed by atoms with van der Waals surface area (Å²) in [5.41, 5.74) is -0.940. The monoisotopic (exact) mass is 437 g/mol. The molecule has 0 aliphatic heterocycles. The number of nitrogens with zero attached hydrogens (tertiary/aromatic N) is 3. The van der Waals surface area contributed by atoms with Crippen molar-refractivity contribution in [1.82, 2.24) is 14.8 Å². The van der Waals surface area contributed by atoms with Gasteiger partial charge < -0.3 is 4.68 Å². The van der Waals surface area contributed by atoms with Crippen molar-refractivity contribution < 1.29 is 37.7 Å². The van der Waals surface area contributed by atoms with Crippen LogP contribution >= 0.6 is 0 Å². The molecule has 18 heavy (non-hydrogen) atoms. The Morgan fingerprint density at radius 3 is 2.56 bits per heavy atom. The Morgan fingerprint density at radius 1 is 1.28 bits per heavy atom. The summed E-state index contributed by atoms with van der Waals surface area (Å²) in [6.45, 7) is -0.790. The number of hydrogen-bond donors (Lipinski definition) is 0. The van der Waals surface area contributed by atoms with Crippen LogP contribution in [-0.2, 0) is 33.0 Å². The second-order valence-electron chi connectivity index (χ2n) is 3.19. The Hall–Kier alpha value is -1.27. The first kappa shape index (κ1) is 14.8. The van der Waals surface area contributed by atoms with Gasteiger partial charge in [0.1, 0.15) is 6.67 Å². The average Bonchev–Trinajstić information content (AvgIpc) is 2.78. The second kappa shape index (κ2) is 5.58. The maximum absolute atomic E-state index is 12.3. The molecule has 0 amide bonds. The first-order valence-corrected chi connectivity index (χ1v) is 4.58. The fourth-order valence-corrected chi connectivity index (χ4v) is 1.20. The van der Waals surface area contributed by atoms with Gasteiger partial charge in [-0.05, 0) is 6.07 Å². The molecule has 2 aromatic rings. The minimum absolute atomic E-state index is 0. The van der Waals surface area contributed by atoms with E-state index in [4.69, 9.17) is 0 Å². The quantitative estimate of drug-likeness (QED) is 0.535. The van der Waals surface area contributed by atoms with E-state index in [1.807, 2.05) is 0 Å². The minimum Gasteiger partial charge on any atom is -0.343 e. The maximum atomic E-state index is 12.3. The molecular formula is C10H6F4IrN3-. The number of aromatic nitrogens is 3. The molecule has 0 saturated carbocycles. The van der Waals surface area contributed by atoms with Crippen LogP contribution in [0.1, 0.15) is 11.4 Å². The zero-order valence-corrected chi connectivity index (χ0v) is 11.1. The van der Waals surface area contributed by atoms with Crippen molar-refractivity contribution in [1.29, 1.82) is 0 Å². The van der Waals surface area contributed by atoms with Gasteiger partial charge in [-0.2, -0.15) is 13.2 Å². The van der Waals surface area contributed by atoms with E-state index in [0.717, 1.165) is 4.68 Å². The standard InChI is InChI=1S/C10H6F4N3.Ir/c11-6-7-2-1-3-9(15-7)17-5-4-8(16-17)10(12,13)14;/h1-4H,6H2;/q-1;. The van der Waals surface area contributed by atoms with Crippen LogP contribution in [0.3, 0.4) is 0 Å². The van der Waals surface area contributed by atoms with E-state index in [0.29, 0.717) is 6.07 Å². The molecule has 0 aromatic carbocycles. The van der Waals surface area contributed by atoms with Crippen LogP contribution < -0.4 is 0 Å². The van der Waals surface area contributed by atoms with Gasteiger partial charge >= 0.3 is 6.18 Å². The molecule has 0 spiro atoms. The molecule has 2 heterocycles. The molecule has 0 unspecified atom stereocenters. The predicted octanol–water partition coefficient (Wildman–Crippen LogP) is 2.55. The van der Waals surface area contributed by atoms with Crippen molar-refractivity contribution in [3.8, 4) is 5.82 Å². The number of halogens is 4. The summed E-state index contributed by atoms with van der Waals surface area (Å²) in [7, 11) is 0. The van der Waals surface area contributed by atoms with Crippen LogP contribution in [0.2, 0.25) is 0 Å². The maximum Gasteiger partial charge on any atom is 0.388 e. The molecule has 3 nitrogen and oxygen atoms in total. The molecule has 0 fully saturated rings. The number of pyridine rings is 1. The van der Waals surface area contributed by atoms with Crippen LogP contribution in [0.15, 0.2) is 24.3 Å². The predicted molar refractivity (Wildman–Crippen MR) is 50.0 cm³/mol. The summed E-state index contributed by atoms with van der Waals surface area (Å²) in [6.07, 6.45) is -2.25. The van der Waals surface area contributed by atoms with Gasteiger partial charge in [0.15, 0.2) is 0 Å². The fourth-order valence-electron chi connectivity index (χ4n) is 1.20. The molecule has 0 atom stereocenters. The van der Waals surface area contributed by atoms with Crippen molar-refractivity contribution in [3.63, 3.8) is 0 Å². The first-order valence-electron chi connectivity index (χ1n) is 4.58. The molecule has 1 radical (unpaired) electrons. The normalized spacial score (nSPS) is 11.1. The molecule has 0 bridgehead atoms. The topological polar surface area (TPSA) is 30.7 Å². The Labute approximate surface area is 113 Å². The summed E-state index contributed by atoms with van der Waals surface area (Å²) >= 11 is 0. The van der Waals surface area contributed by atoms with Gasteiger partial charge in [0.25, 0.3) is 0 Å². The molecule has 8 heteroatoms. The van der Waals surface area contributed by atoms with Gasteiger partial charge in [-0.1, -0.05) is 18.3 Å². The Kier molecular flexibility index (Phi) is 4.58. The third kappa shape index (κ3) is 3.14. The Bertz CT molecular complexity index is 524. The number of rotatable bonds is 2. The van der Waals surface area contributed by atoms with Crippen LogP contribution in [0.25, 0.3) is 5.82 Å². The molecular weight excluding hydrogens is 430 g/mol. The van der Waals surface area contributed by atoms with Gasteiger partial charge in [0, 0.05) is 20.1 Å². The van der Waals surface area contributed by atoms with E-state index in [1.165, 1.54) is 18.2 Å². The summed E-state index contributed by atoms with van der Waals surface area (Å²) in [5.74, 6) is 0.0932. The molecule has 0 aliphatic rings. The summed E-state index contributed by atoms with van der Waals surface area (Å²) in [5, 5.41) is 3.28. The van der Waals surface area contributed by atoms with Gasteiger partial charge in [0.05, 0.1) is 17.2 Å². The molecule has 2 rings (SSSR count). The molecule has 0 aliphatic carbocycles. The van der Waals surface area contributed by atoms with Crippen LogP contribution in [-0.4, -0.2) is 14.8 Å². The third-order valence-corrected chi connectivity index (χ3v) is 1.97. The van der Waals surface area contributed by atoms with E-state index >= 15 is 0 Å². The molecule has 0 saturated heterocycles. The largest absolute Gasteiger partial charge is 0.388 e. The van der Waals surface area contributed by atoms with Crippen molar-refractivity contribution >= 4 is 0 Å². The van der Waals surface area contributed by atoms with Crippen molar-refractivity contribution in [3.05, 3.63) is 41.9 Å². The molecule has 2 aromatic heterocycles. The van der Waals surface area contributed by atoms with Gasteiger partial charge in [-0.3, -0.25) is 10.1 Å². The third-order valence-electron chi connectivity index (χ3n) is 1.97. The van der Waals surface area contributed by atoms with E-state index in [1.54, 1.807) is 0 Å². The number of alkyl halides is 4. The smallest absolute Gasteiger partial charge is 0.343 e. The van der Waals surface area contributed by atoms with Crippen LogP contribution in [0, 0.1) is 6.20 Å². The zero-order chi connectivity index (χ0) is 12.5. The van der Waals surface area contributed by atoms with Gasteiger partial charge in [0.2, 0.25) is 0 Å².